The van der Waals surface area contributed by atoms with Gasteiger partial charge in [-0.2, -0.15) is 0 Å². The van der Waals surface area contributed by atoms with Crippen LogP contribution in [0, 0.1) is 0 Å². The molecule has 2 aromatic heterocycles. The second-order valence-corrected chi connectivity index (χ2v) is 7.16. The first-order valence-electron chi connectivity index (χ1n) is 7.07. The van der Waals surface area contributed by atoms with E-state index in [1.807, 2.05) is 17.5 Å². The SMILES string of the molecule is C[C@@H](c1nnc(-c2cccs2)o1)[NH+](C)Cc1ccc(Br)cc1. The van der Waals surface area contributed by atoms with Gasteiger partial charge in [0.25, 0.3) is 11.8 Å². The number of quaternary nitrogens is 1. The minimum atomic E-state index is 0.143. The lowest BCUT2D eigenvalue weighted by Crippen LogP contribution is -3.07. The monoisotopic (exact) mass is 378 g/mol. The molecule has 0 aliphatic carbocycles. The highest BCUT2D eigenvalue weighted by atomic mass is 79.9. The molecule has 22 heavy (non-hydrogen) atoms. The molecule has 1 N–H and O–H groups in total. The van der Waals surface area contributed by atoms with Crippen LogP contribution in [-0.4, -0.2) is 17.2 Å². The fourth-order valence-corrected chi connectivity index (χ4v) is 3.11. The first kappa shape index (κ1) is 15.4. The normalized spacial score (nSPS) is 14.0. The fraction of sp³-hybridized carbons (Fsp3) is 0.250. The highest BCUT2D eigenvalue weighted by Gasteiger charge is 2.22. The molecule has 0 aliphatic rings. The number of halogens is 1. The largest absolute Gasteiger partial charge is 0.414 e. The molecule has 0 saturated carbocycles. The Kier molecular flexibility index (Phi) is 4.71. The van der Waals surface area contributed by atoms with Crippen LogP contribution in [0.5, 0.6) is 0 Å². The van der Waals surface area contributed by atoms with Gasteiger partial charge in [0.15, 0.2) is 6.04 Å². The Morgan fingerprint density at radius 3 is 2.68 bits per heavy atom. The lowest BCUT2D eigenvalue weighted by molar-refractivity contribution is -0.925. The van der Waals surface area contributed by atoms with Gasteiger partial charge in [-0.05, 0) is 30.5 Å². The van der Waals surface area contributed by atoms with Gasteiger partial charge in [-0.1, -0.05) is 34.1 Å². The van der Waals surface area contributed by atoms with E-state index < -0.39 is 0 Å². The number of hydrogen-bond acceptors (Lipinski definition) is 4. The molecule has 2 heterocycles. The molecule has 0 amide bonds. The van der Waals surface area contributed by atoms with E-state index in [0.717, 1.165) is 15.9 Å². The summed E-state index contributed by atoms with van der Waals surface area (Å²) in [5.74, 6) is 1.28. The van der Waals surface area contributed by atoms with Crippen molar-refractivity contribution < 1.29 is 9.32 Å². The molecule has 0 bridgehead atoms. The zero-order chi connectivity index (χ0) is 15.5. The molecule has 2 atom stereocenters. The van der Waals surface area contributed by atoms with Crippen molar-refractivity contribution in [1.82, 2.24) is 10.2 Å². The van der Waals surface area contributed by atoms with Crippen molar-refractivity contribution in [2.75, 3.05) is 7.05 Å². The summed E-state index contributed by atoms with van der Waals surface area (Å²) < 4.78 is 6.92. The maximum absolute atomic E-state index is 5.83. The molecular formula is C16H17BrN3OS+. The van der Waals surface area contributed by atoms with Gasteiger partial charge >= 0.3 is 0 Å². The summed E-state index contributed by atoms with van der Waals surface area (Å²) >= 11 is 5.07. The van der Waals surface area contributed by atoms with Crippen LogP contribution in [0.4, 0.5) is 0 Å². The van der Waals surface area contributed by atoms with Gasteiger partial charge in [-0.25, -0.2) is 0 Å². The molecule has 0 saturated heterocycles. The zero-order valence-electron chi connectivity index (χ0n) is 12.4. The van der Waals surface area contributed by atoms with E-state index in [1.54, 1.807) is 11.3 Å². The fourth-order valence-electron chi connectivity index (χ4n) is 2.20. The topological polar surface area (TPSA) is 43.4 Å². The number of rotatable bonds is 5. The number of nitrogens with one attached hydrogen (secondary N) is 1. The molecule has 3 aromatic rings. The highest BCUT2D eigenvalue weighted by Crippen LogP contribution is 2.24. The Balaban J connectivity index is 1.70. The van der Waals surface area contributed by atoms with Crippen molar-refractivity contribution in [3.8, 4) is 10.8 Å². The average molecular weight is 379 g/mol. The van der Waals surface area contributed by atoms with E-state index in [9.17, 15) is 0 Å². The van der Waals surface area contributed by atoms with E-state index in [2.05, 4.69) is 64.4 Å². The van der Waals surface area contributed by atoms with Crippen molar-refractivity contribution >= 4 is 27.3 Å². The Labute approximate surface area is 141 Å². The maximum atomic E-state index is 5.83. The molecule has 1 unspecified atom stereocenters. The van der Waals surface area contributed by atoms with E-state index in [4.69, 9.17) is 4.42 Å². The van der Waals surface area contributed by atoms with E-state index >= 15 is 0 Å². The molecule has 0 spiro atoms. The minimum absolute atomic E-state index is 0.143. The molecule has 6 heteroatoms. The molecule has 3 rings (SSSR count). The summed E-state index contributed by atoms with van der Waals surface area (Å²) in [7, 11) is 2.14. The average Bonchev–Trinajstić information content (AvgIpc) is 3.19. The van der Waals surface area contributed by atoms with Gasteiger partial charge in [-0.15, -0.1) is 21.5 Å². The lowest BCUT2D eigenvalue weighted by Gasteiger charge is -2.18. The van der Waals surface area contributed by atoms with Crippen molar-refractivity contribution in [1.29, 1.82) is 0 Å². The van der Waals surface area contributed by atoms with Crippen LogP contribution in [0.2, 0.25) is 0 Å². The molecule has 4 nitrogen and oxygen atoms in total. The van der Waals surface area contributed by atoms with Gasteiger partial charge in [-0.3, -0.25) is 0 Å². The Morgan fingerprint density at radius 2 is 2.00 bits per heavy atom. The number of aromatic nitrogens is 2. The van der Waals surface area contributed by atoms with Crippen LogP contribution in [0.25, 0.3) is 10.8 Å². The highest BCUT2D eigenvalue weighted by molar-refractivity contribution is 9.10. The number of thiophene rings is 1. The third-order valence-corrected chi connectivity index (χ3v) is 5.06. The van der Waals surface area contributed by atoms with Gasteiger partial charge in [0.2, 0.25) is 0 Å². The van der Waals surface area contributed by atoms with Crippen molar-refractivity contribution in [3.63, 3.8) is 0 Å². The standard InChI is InChI=1S/C16H16BrN3OS/c1-11(20(2)10-12-5-7-13(17)8-6-12)15-18-19-16(21-15)14-4-3-9-22-14/h3-9,11H,10H2,1-2H3/p+1/t11-/m0/s1. The summed E-state index contributed by atoms with van der Waals surface area (Å²) in [6.45, 7) is 3.02. The second kappa shape index (κ2) is 6.73. The number of hydrogen-bond donors (Lipinski definition) is 1. The van der Waals surface area contributed by atoms with Crippen LogP contribution in [0.15, 0.2) is 50.7 Å². The van der Waals surface area contributed by atoms with Gasteiger partial charge in [0, 0.05) is 10.0 Å². The molecule has 114 valence electrons. The summed E-state index contributed by atoms with van der Waals surface area (Å²) in [5, 5.41) is 10.4. The second-order valence-electron chi connectivity index (χ2n) is 5.29. The maximum Gasteiger partial charge on any atom is 0.274 e. The third kappa shape index (κ3) is 3.45. The number of nitrogens with zero attached hydrogens (tertiary/aromatic N) is 2. The van der Waals surface area contributed by atoms with Crippen molar-refractivity contribution in [3.05, 3.63) is 57.7 Å². The molecular weight excluding hydrogens is 362 g/mol. The predicted molar refractivity (Wildman–Crippen MR) is 90.8 cm³/mol. The Bertz CT molecular complexity index is 724. The van der Waals surface area contributed by atoms with Crippen LogP contribution in [0.1, 0.15) is 24.4 Å². The van der Waals surface area contributed by atoms with E-state index in [0.29, 0.717) is 11.8 Å². The van der Waals surface area contributed by atoms with Crippen molar-refractivity contribution in [2.45, 2.75) is 19.5 Å². The predicted octanol–water partition coefficient (Wildman–Crippen LogP) is 3.34. The summed E-state index contributed by atoms with van der Waals surface area (Å²) in [4.78, 5) is 2.32. The van der Waals surface area contributed by atoms with E-state index in [1.165, 1.54) is 10.5 Å². The molecule has 0 radical (unpaired) electrons. The van der Waals surface area contributed by atoms with Gasteiger partial charge < -0.3 is 9.32 Å². The first-order chi connectivity index (χ1) is 10.6. The van der Waals surface area contributed by atoms with Crippen molar-refractivity contribution in [2.24, 2.45) is 0 Å². The van der Waals surface area contributed by atoms with Gasteiger partial charge in [0.05, 0.1) is 11.9 Å². The molecule has 1 aromatic carbocycles. The summed E-state index contributed by atoms with van der Waals surface area (Å²) in [6.07, 6.45) is 0. The Hall–Kier alpha value is -1.50. The summed E-state index contributed by atoms with van der Waals surface area (Å²) in [5.41, 5.74) is 1.28. The first-order valence-corrected chi connectivity index (χ1v) is 8.75. The minimum Gasteiger partial charge on any atom is -0.414 e. The zero-order valence-corrected chi connectivity index (χ0v) is 14.8. The van der Waals surface area contributed by atoms with Crippen LogP contribution in [-0.2, 0) is 6.54 Å². The van der Waals surface area contributed by atoms with Gasteiger partial charge in [0.1, 0.15) is 6.54 Å². The van der Waals surface area contributed by atoms with E-state index in [-0.39, 0.29) is 6.04 Å². The van der Waals surface area contributed by atoms with Crippen LogP contribution in [0.3, 0.4) is 0 Å². The number of benzene rings is 1. The molecule has 0 fully saturated rings. The summed E-state index contributed by atoms with van der Waals surface area (Å²) in [6, 6.07) is 12.5. The quantitative estimate of drug-likeness (QED) is 0.740. The van der Waals surface area contributed by atoms with Crippen LogP contribution < -0.4 is 4.90 Å². The van der Waals surface area contributed by atoms with Crippen LogP contribution >= 0.6 is 27.3 Å². The molecule has 0 aliphatic heterocycles. The Morgan fingerprint density at radius 1 is 1.23 bits per heavy atom. The lowest BCUT2D eigenvalue weighted by atomic mass is 10.2. The smallest absolute Gasteiger partial charge is 0.274 e. The third-order valence-electron chi connectivity index (χ3n) is 3.68.